The first kappa shape index (κ1) is 10.9. The Labute approximate surface area is 99.6 Å². The molecule has 2 rings (SSSR count). The van der Waals surface area contributed by atoms with Crippen LogP contribution >= 0.6 is 11.6 Å². The smallest absolute Gasteiger partial charge is 0.136 e. The molecule has 0 unspecified atom stereocenters. The third-order valence-corrected chi connectivity index (χ3v) is 2.54. The molecule has 0 bridgehead atoms. The summed E-state index contributed by atoms with van der Waals surface area (Å²) in [6.07, 6.45) is 1.72. The highest BCUT2D eigenvalue weighted by Crippen LogP contribution is 2.23. The molecule has 0 saturated carbocycles. The van der Waals surface area contributed by atoms with E-state index in [4.69, 9.17) is 11.6 Å². The number of benzene rings is 1. The summed E-state index contributed by atoms with van der Waals surface area (Å²) in [6, 6.07) is 7.88. The Bertz CT molecular complexity index is 567. The van der Waals surface area contributed by atoms with E-state index in [1.165, 1.54) is 0 Å². The van der Waals surface area contributed by atoms with Gasteiger partial charge in [0.25, 0.3) is 0 Å². The molecule has 0 radical (unpaired) electrons. The van der Waals surface area contributed by atoms with Crippen molar-refractivity contribution in [1.29, 1.82) is 0 Å². The molecule has 1 aromatic heterocycles. The highest BCUT2D eigenvalue weighted by molar-refractivity contribution is 6.34. The molecule has 80 valence electrons. The number of pyridine rings is 1. The van der Waals surface area contributed by atoms with Crippen LogP contribution in [0.5, 0.6) is 0 Å². The molecule has 3 heteroatoms. The van der Waals surface area contributed by atoms with Gasteiger partial charge in [-0.05, 0) is 7.05 Å². The molecular weight excluding hydrogens is 220 g/mol. The molecule has 0 amide bonds. The van der Waals surface area contributed by atoms with E-state index in [1.807, 2.05) is 31.3 Å². The summed E-state index contributed by atoms with van der Waals surface area (Å²) in [6.45, 7) is 0.664. The summed E-state index contributed by atoms with van der Waals surface area (Å²) in [7, 11) is 1.87. The summed E-state index contributed by atoms with van der Waals surface area (Å²) in [4.78, 5) is 4.13. The Morgan fingerprint density at radius 3 is 2.81 bits per heavy atom. The lowest BCUT2D eigenvalue weighted by atomic mass is 10.1. The lowest BCUT2D eigenvalue weighted by Crippen LogP contribution is -2.04. The first-order chi connectivity index (χ1) is 7.83. The average molecular weight is 231 g/mol. The van der Waals surface area contributed by atoms with Crippen LogP contribution in [0.4, 0.5) is 0 Å². The molecule has 2 aromatic rings. The number of halogens is 1. The van der Waals surface area contributed by atoms with Crippen molar-refractivity contribution in [2.24, 2.45) is 0 Å². The first-order valence-electron chi connectivity index (χ1n) is 4.99. The zero-order valence-electron chi connectivity index (χ0n) is 8.92. The Balaban J connectivity index is 2.56. The minimum Gasteiger partial charge on any atom is -0.309 e. The molecule has 1 heterocycles. The summed E-state index contributed by atoms with van der Waals surface area (Å²) >= 11 is 6.02. The fourth-order valence-corrected chi connectivity index (χ4v) is 1.70. The number of hydrogen-bond donors (Lipinski definition) is 1. The number of nitrogens with zero attached hydrogens (tertiary/aromatic N) is 1. The summed E-state index contributed by atoms with van der Waals surface area (Å²) < 4.78 is 0. The standard InChI is InChI=1S/C13H11ClN2/c1-15-8-4-5-10-9-16-13(14)12-7-3-2-6-11(10)12/h2-3,6-7,9,15H,8H2,1H3. The van der Waals surface area contributed by atoms with Gasteiger partial charge in [0.05, 0.1) is 12.1 Å². The number of rotatable bonds is 1. The Morgan fingerprint density at radius 2 is 2.06 bits per heavy atom. The van der Waals surface area contributed by atoms with E-state index in [1.54, 1.807) is 6.20 Å². The maximum atomic E-state index is 6.02. The van der Waals surface area contributed by atoms with Gasteiger partial charge in [0, 0.05) is 17.0 Å². The molecule has 0 aliphatic carbocycles. The molecular formula is C13H11ClN2. The van der Waals surface area contributed by atoms with Crippen molar-refractivity contribution in [2.45, 2.75) is 0 Å². The molecule has 16 heavy (non-hydrogen) atoms. The Hall–Kier alpha value is -1.56. The maximum Gasteiger partial charge on any atom is 0.136 e. The van der Waals surface area contributed by atoms with Crippen molar-refractivity contribution < 1.29 is 0 Å². The molecule has 0 fully saturated rings. The minimum absolute atomic E-state index is 0.523. The predicted molar refractivity (Wildman–Crippen MR) is 67.6 cm³/mol. The zero-order valence-corrected chi connectivity index (χ0v) is 9.67. The van der Waals surface area contributed by atoms with Gasteiger partial charge in [-0.3, -0.25) is 0 Å². The summed E-state index contributed by atoms with van der Waals surface area (Å²) in [5.41, 5.74) is 0.912. The van der Waals surface area contributed by atoms with Crippen LogP contribution < -0.4 is 5.32 Å². The van der Waals surface area contributed by atoms with Crippen molar-refractivity contribution >= 4 is 22.4 Å². The molecule has 0 atom stereocenters. The Morgan fingerprint density at radius 1 is 1.31 bits per heavy atom. The molecule has 1 aromatic carbocycles. The predicted octanol–water partition coefficient (Wildman–Crippen LogP) is 2.46. The number of fused-ring (bicyclic) bond motifs is 1. The largest absolute Gasteiger partial charge is 0.309 e. The van der Waals surface area contributed by atoms with Crippen LogP contribution in [0.25, 0.3) is 10.8 Å². The summed E-state index contributed by atoms with van der Waals surface area (Å²) in [5, 5.41) is 5.49. The van der Waals surface area contributed by atoms with Gasteiger partial charge < -0.3 is 5.32 Å². The molecule has 0 spiro atoms. The van der Waals surface area contributed by atoms with Gasteiger partial charge in [0.1, 0.15) is 5.15 Å². The van der Waals surface area contributed by atoms with E-state index in [2.05, 4.69) is 22.1 Å². The van der Waals surface area contributed by atoms with Crippen LogP contribution in [0, 0.1) is 11.8 Å². The third kappa shape index (κ3) is 2.16. The van der Waals surface area contributed by atoms with Crippen LogP contribution in [0.2, 0.25) is 5.15 Å². The van der Waals surface area contributed by atoms with Crippen molar-refractivity contribution in [3.05, 3.63) is 41.2 Å². The van der Waals surface area contributed by atoms with Gasteiger partial charge in [-0.25, -0.2) is 4.98 Å². The number of aromatic nitrogens is 1. The van der Waals surface area contributed by atoms with Crippen LogP contribution in [-0.2, 0) is 0 Å². The second-order valence-electron chi connectivity index (χ2n) is 3.34. The second-order valence-corrected chi connectivity index (χ2v) is 3.70. The molecule has 1 N–H and O–H groups in total. The van der Waals surface area contributed by atoms with E-state index in [9.17, 15) is 0 Å². The van der Waals surface area contributed by atoms with Gasteiger partial charge in [-0.15, -0.1) is 0 Å². The third-order valence-electron chi connectivity index (χ3n) is 2.23. The van der Waals surface area contributed by atoms with Crippen LogP contribution in [0.15, 0.2) is 30.5 Å². The zero-order chi connectivity index (χ0) is 11.4. The van der Waals surface area contributed by atoms with Crippen molar-refractivity contribution in [1.82, 2.24) is 10.3 Å². The molecule has 0 saturated heterocycles. The van der Waals surface area contributed by atoms with Gasteiger partial charge in [0.15, 0.2) is 0 Å². The van der Waals surface area contributed by atoms with Crippen LogP contribution in [0.1, 0.15) is 5.56 Å². The Kier molecular flexibility index (Phi) is 3.40. The lowest BCUT2D eigenvalue weighted by molar-refractivity contribution is 0.938. The fourth-order valence-electron chi connectivity index (χ4n) is 1.49. The monoisotopic (exact) mass is 230 g/mol. The van der Waals surface area contributed by atoms with E-state index in [0.717, 1.165) is 16.3 Å². The van der Waals surface area contributed by atoms with E-state index >= 15 is 0 Å². The van der Waals surface area contributed by atoms with Crippen LogP contribution in [-0.4, -0.2) is 18.6 Å². The molecule has 2 nitrogen and oxygen atoms in total. The van der Waals surface area contributed by atoms with Gasteiger partial charge >= 0.3 is 0 Å². The van der Waals surface area contributed by atoms with E-state index < -0.39 is 0 Å². The SMILES string of the molecule is CNCC#Cc1cnc(Cl)c2ccccc12. The minimum atomic E-state index is 0.523. The van der Waals surface area contributed by atoms with Crippen molar-refractivity contribution in [2.75, 3.05) is 13.6 Å². The lowest BCUT2D eigenvalue weighted by Gasteiger charge is -2.01. The topological polar surface area (TPSA) is 24.9 Å². The highest BCUT2D eigenvalue weighted by Gasteiger charge is 2.02. The molecule has 0 aliphatic rings. The fraction of sp³-hybridized carbons (Fsp3) is 0.154. The van der Waals surface area contributed by atoms with E-state index in [-0.39, 0.29) is 0 Å². The quantitative estimate of drug-likeness (QED) is 0.601. The molecule has 0 aliphatic heterocycles. The maximum absolute atomic E-state index is 6.02. The van der Waals surface area contributed by atoms with Gasteiger partial charge in [-0.2, -0.15) is 0 Å². The normalized spacial score (nSPS) is 9.88. The number of nitrogens with one attached hydrogen (secondary N) is 1. The first-order valence-corrected chi connectivity index (χ1v) is 5.37. The van der Waals surface area contributed by atoms with Crippen LogP contribution in [0.3, 0.4) is 0 Å². The second kappa shape index (κ2) is 4.98. The van der Waals surface area contributed by atoms with Gasteiger partial charge in [0.2, 0.25) is 0 Å². The highest BCUT2D eigenvalue weighted by atomic mass is 35.5. The van der Waals surface area contributed by atoms with E-state index in [0.29, 0.717) is 11.7 Å². The van der Waals surface area contributed by atoms with Crippen molar-refractivity contribution in [3.8, 4) is 11.8 Å². The van der Waals surface area contributed by atoms with Gasteiger partial charge in [-0.1, -0.05) is 47.7 Å². The number of hydrogen-bond acceptors (Lipinski definition) is 2. The summed E-state index contributed by atoms with van der Waals surface area (Å²) in [5.74, 6) is 6.10. The van der Waals surface area contributed by atoms with Crippen molar-refractivity contribution in [3.63, 3.8) is 0 Å². The average Bonchev–Trinajstić information content (AvgIpc) is 2.33.